The van der Waals surface area contributed by atoms with Crippen LogP contribution in [0.25, 0.3) is 0 Å². The van der Waals surface area contributed by atoms with E-state index in [9.17, 15) is 4.39 Å². The largest absolute Gasteiger partial charge is 0.379 e. The van der Waals surface area contributed by atoms with Gasteiger partial charge in [-0.25, -0.2) is 4.39 Å². The predicted molar refractivity (Wildman–Crippen MR) is 101 cm³/mol. The molecule has 26 heavy (non-hydrogen) atoms. The Bertz CT molecular complexity index is 613. The maximum absolute atomic E-state index is 13.5. The zero-order valence-corrected chi connectivity index (χ0v) is 15.8. The zero-order valence-electron chi connectivity index (χ0n) is 15.8. The first-order valence-electron chi connectivity index (χ1n) is 9.61. The first-order valence-corrected chi connectivity index (χ1v) is 9.61. The number of nitrogens with one attached hydrogen (secondary N) is 2. The van der Waals surface area contributed by atoms with Crippen LogP contribution >= 0.6 is 0 Å². The number of halogens is 1. The van der Waals surface area contributed by atoms with Crippen molar-refractivity contribution >= 4 is 5.96 Å². The van der Waals surface area contributed by atoms with Crippen LogP contribution < -0.4 is 10.6 Å². The Labute approximate surface area is 155 Å². The molecule has 0 aromatic heterocycles. The van der Waals surface area contributed by atoms with Gasteiger partial charge in [0.05, 0.1) is 25.9 Å². The van der Waals surface area contributed by atoms with E-state index in [1.54, 1.807) is 12.1 Å². The van der Waals surface area contributed by atoms with Crippen LogP contribution in [0, 0.1) is 5.82 Å². The van der Waals surface area contributed by atoms with Crippen molar-refractivity contribution in [3.05, 3.63) is 35.6 Å². The second-order valence-corrected chi connectivity index (χ2v) is 7.35. The Hall–Kier alpha value is -1.66. The minimum atomic E-state index is -0.176. The third-order valence-electron chi connectivity index (χ3n) is 5.03. The van der Waals surface area contributed by atoms with Crippen LogP contribution in [0.4, 0.5) is 4.39 Å². The van der Waals surface area contributed by atoms with Gasteiger partial charge in [-0.1, -0.05) is 12.1 Å². The monoisotopic (exact) mass is 363 g/mol. The summed E-state index contributed by atoms with van der Waals surface area (Å²) in [7, 11) is 0. The van der Waals surface area contributed by atoms with Gasteiger partial charge in [0.25, 0.3) is 0 Å². The molecule has 0 amide bonds. The van der Waals surface area contributed by atoms with Crippen molar-refractivity contribution in [2.75, 3.05) is 32.9 Å². The lowest BCUT2D eigenvalue weighted by Crippen LogP contribution is -2.45. The van der Waals surface area contributed by atoms with E-state index in [-0.39, 0.29) is 23.4 Å². The van der Waals surface area contributed by atoms with Crippen LogP contribution in [-0.4, -0.2) is 51.0 Å². The Morgan fingerprint density at radius 3 is 2.96 bits per heavy atom. The van der Waals surface area contributed by atoms with E-state index in [1.807, 2.05) is 13.0 Å². The Balaban J connectivity index is 1.54. The summed E-state index contributed by atoms with van der Waals surface area (Å²) in [5, 5.41) is 6.69. The van der Waals surface area contributed by atoms with E-state index in [0.717, 1.165) is 43.9 Å². The van der Waals surface area contributed by atoms with Gasteiger partial charge < -0.3 is 20.1 Å². The molecule has 6 heteroatoms. The van der Waals surface area contributed by atoms with Crippen molar-refractivity contribution in [1.29, 1.82) is 0 Å². The minimum Gasteiger partial charge on any atom is -0.379 e. The first kappa shape index (κ1) is 19.1. The summed E-state index contributed by atoms with van der Waals surface area (Å²) >= 11 is 0. The predicted octanol–water partition coefficient (Wildman–Crippen LogP) is 2.61. The minimum absolute atomic E-state index is 0.00856. The number of aliphatic imine (C=N–C) groups is 1. The third kappa shape index (κ3) is 5.17. The quantitative estimate of drug-likeness (QED) is 0.551. The summed E-state index contributed by atoms with van der Waals surface area (Å²) in [6.07, 6.45) is 3.29. The molecule has 3 rings (SSSR count). The Morgan fingerprint density at radius 2 is 2.31 bits per heavy atom. The highest BCUT2D eigenvalue weighted by Crippen LogP contribution is 2.48. The molecule has 1 saturated heterocycles. The van der Waals surface area contributed by atoms with Crippen LogP contribution in [0.3, 0.4) is 0 Å². The smallest absolute Gasteiger partial charge is 0.191 e. The third-order valence-corrected chi connectivity index (χ3v) is 5.03. The number of benzene rings is 1. The van der Waals surface area contributed by atoms with E-state index in [0.29, 0.717) is 19.8 Å². The number of nitrogens with zero attached hydrogens (tertiary/aromatic N) is 1. The van der Waals surface area contributed by atoms with Crippen molar-refractivity contribution in [2.45, 2.75) is 50.7 Å². The molecule has 1 aliphatic heterocycles. The fraction of sp³-hybridized carbons (Fsp3) is 0.650. The number of hydrogen-bond donors (Lipinski definition) is 2. The summed E-state index contributed by atoms with van der Waals surface area (Å²) in [5.41, 5.74) is 1.04. The Morgan fingerprint density at radius 1 is 1.46 bits per heavy atom. The molecule has 0 bridgehead atoms. The van der Waals surface area contributed by atoms with Gasteiger partial charge in [0.1, 0.15) is 5.82 Å². The van der Waals surface area contributed by atoms with Crippen LogP contribution in [0.1, 0.15) is 38.7 Å². The molecular formula is C20H30FN3O2. The summed E-state index contributed by atoms with van der Waals surface area (Å²) in [6.45, 7) is 7.69. The molecule has 2 atom stereocenters. The Kier molecular flexibility index (Phi) is 6.48. The van der Waals surface area contributed by atoms with Gasteiger partial charge in [-0.3, -0.25) is 4.99 Å². The second kappa shape index (κ2) is 8.82. The van der Waals surface area contributed by atoms with Crippen molar-refractivity contribution in [1.82, 2.24) is 10.6 Å². The highest BCUT2D eigenvalue weighted by atomic mass is 19.1. The van der Waals surface area contributed by atoms with Gasteiger partial charge in [0, 0.05) is 24.6 Å². The average Bonchev–Trinajstić information content (AvgIpc) is 3.24. The molecule has 2 unspecified atom stereocenters. The summed E-state index contributed by atoms with van der Waals surface area (Å²) < 4.78 is 24.8. The van der Waals surface area contributed by atoms with Crippen molar-refractivity contribution < 1.29 is 13.9 Å². The summed E-state index contributed by atoms with van der Waals surface area (Å²) in [6, 6.07) is 7.07. The molecule has 2 N–H and O–H groups in total. The molecule has 1 aromatic carbocycles. The normalized spacial score (nSPS) is 22.9. The zero-order chi connectivity index (χ0) is 18.4. The molecule has 1 heterocycles. The first-order chi connectivity index (χ1) is 12.6. The summed E-state index contributed by atoms with van der Waals surface area (Å²) in [5.74, 6) is 0.610. The van der Waals surface area contributed by atoms with Gasteiger partial charge in [0.2, 0.25) is 0 Å². The number of rotatable bonds is 8. The lowest BCUT2D eigenvalue weighted by Gasteiger charge is -2.21. The molecule has 5 nitrogen and oxygen atoms in total. The van der Waals surface area contributed by atoms with Gasteiger partial charge in [-0.2, -0.15) is 0 Å². The van der Waals surface area contributed by atoms with E-state index in [4.69, 9.17) is 14.5 Å². The fourth-order valence-electron chi connectivity index (χ4n) is 3.26. The molecule has 1 aliphatic carbocycles. The highest BCUT2D eigenvalue weighted by Gasteiger charge is 2.44. The van der Waals surface area contributed by atoms with E-state index < -0.39 is 0 Å². The second-order valence-electron chi connectivity index (χ2n) is 7.35. The van der Waals surface area contributed by atoms with E-state index in [1.165, 1.54) is 6.07 Å². The van der Waals surface area contributed by atoms with Crippen LogP contribution in [0.2, 0.25) is 0 Å². The lowest BCUT2D eigenvalue weighted by atomic mass is 9.96. The van der Waals surface area contributed by atoms with Crippen LogP contribution in [0.5, 0.6) is 0 Å². The number of ether oxygens (including phenoxy) is 2. The van der Waals surface area contributed by atoms with Gasteiger partial charge >= 0.3 is 0 Å². The average molecular weight is 363 g/mol. The molecule has 1 saturated carbocycles. The van der Waals surface area contributed by atoms with E-state index >= 15 is 0 Å². The molecule has 0 radical (unpaired) electrons. The molecule has 1 aromatic rings. The SMILES string of the molecule is CCNC(=NCC1(c2cccc(F)c2)CC1)NC(C)COC1CCOC1. The van der Waals surface area contributed by atoms with Gasteiger partial charge in [-0.05, 0) is 50.8 Å². The molecule has 0 spiro atoms. The van der Waals surface area contributed by atoms with Gasteiger partial charge in [-0.15, -0.1) is 0 Å². The van der Waals surface area contributed by atoms with Crippen molar-refractivity contribution in [3.8, 4) is 0 Å². The molecular weight excluding hydrogens is 333 g/mol. The number of hydrogen-bond acceptors (Lipinski definition) is 3. The van der Waals surface area contributed by atoms with Crippen LogP contribution in [-0.2, 0) is 14.9 Å². The number of guanidine groups is 1. The molecule has 2 fully saturated rings. The topological polar surface area (TPSA) is 54.9 Å². The fourth-order valence-corrected chi connectivity index (χ4v) is 3.26. The molecule has 2 aliphatic rings. The maximum Gasteiger partial charge on any atom is 0.191 e. The van der Waals surface area contributed by atoms with Crippen molar-refractivity contribution in [2.24, 2.45) is 4.99 Å². The standard InChI is InChI=1S/C20H30FN3O2/c1-3-22-19(24-15(2)12-26-18-7-10-25-13-18)23-14-20(8-9-20)16-5-4-6-17(21)11-16/h4-6,11,15,18H,3,7-10,12-14H2,1-2H3,(H2,22,23,24). The van der Waals surface area contributed by atoms with E-state index in [2.05, 4.69) is 17.6 Å². The lowest BCUT2D eigenvalue weighted by molar-refractivity contribution is 0.0347. The summed E-state index contributed by atoms with van der Waals surface area (Å²) in [4.78, 5) is 4.77. The van der Waals surface area contributed by atoms with Gasteiger partial charge in [0.15, 0.2) is 5.96 Å². The molecule has 144 valence electrons. The maximum atomic E-state index is 13.5. The van der Waals surface area contributed by atoms with Crippen molar-refractivity contribution in [3.63, 3.8) is 0 Å². The van der Waals surface area contributed by atoms with Crippen LogP contribution in [0.15, 0.2) is 29.3 Å². The highest BCUT2D eigenvalue weighted by molar-refractivity contribution is 5.80.